The Kier molecular flexibility index (Phi) is 5.72. The number of fused-ring (bicyclic) bond motifs is 1. The molecule has 8 heteroatoms. The summed E-state index contributed by atoms with van der Waals surface area (Å²) in [6, 6.07) is 9.14. The number of hydrogen-bond acceptors (Lipinski definition) is 6. The molecule has 1 amide bonds. The number of para-hydroxylation sites is 1. The highest BCUT2D eigenvalue weighted by molar-refractivity contribution is 8.00. The Labute approximate surface area is 173 Å². The van der Waals surface area contributed by atoms with E-state index in [0.717, 1.165) is 31.9 Å². The SMILES string of the molecule is CC1(C)C(=O)N(CCOc2ccccc2)[C@H]2CN(CC3CCOC3)C[C@H]2[S+]1(=O)[O-]. The van der Waals surface area contributed by atoms with Gasteiger partial charge >= 0.3 is 0 Å². The second kappa shape index (κ2) is 7.98. The molecule has 1 aromatic rings. The van der Waals surface area contributed by atoms with E-state index in [1.165, 1.54) is 0 Å². The Morgan fingerprint density at radius 3 is 2.72 bits per heavy atom. The van der Waals surface area contributed by atoms with E-state index < -0.39 is 20.2 Å². The molecule has 3 fully saturated rings. The van der Waals surface area contributed by atoms with Gasteiger partial charge < -0.3 is 18.9 Å². The van der Waals surface area contributed by atoms with Gasteiger partial charge in [0.2, 0.25) is 4.75 Å². The highest BCUT2D eigenvalue weighted by Crippen LogP contribution is 2.41. The smallest absolute Gasteiger partial charge is 0.278 e. The lowest BCUT2D eigenvalue weighted by Crippen LogP contribution is -2.68. The van der Waals surface area contributed by atoms with Crippen molar-refractivity contribution in [1.82, 2.24) is 9.80 Å². The molecule has 3 aliphatic rings. The van der Waals surface area contributed by atoms with Gasteiger partial charge in [-0.1, -0.05) is 18.2 Å². The van der Waals surface area contributed by atoms with Crippen LogP contribution in [0.4, 0.5) is 0 Å². The number of carbonyl (C=O) groups is 1. The molecule has 0 radical (unpaired) electrons. The largest absolute Gasteiger partial charge is 0.614 e. The zero-order valence-corrected chi connectivity index (χ0v) is 17.9. The Hall–Kier alpha value is -1.48. The Morgan fingerprint density at radius 2 is 2.03 bits per heavy atom. The van der Waals surface area contributed by atoms with Crippen molar-refractivity contribution in [3.05, 3.63) is 30.3 Å². The fourth-order valence-electron chi connectivity index (χ4n) is 4.72. The van der Waals surface area contributed by atoms with E-state index in [2.05, 4.69) is 4.90 Å². The minimum Gasteiger partial charge on any atom is -0.614 e. The maximum absolute atomic E-state index is 13.2. The molecule has 3 aliphatic heterocycles. The molecule has 0 N–H and O–H groups in total. The van der Waals surface area contributed by atoms with Gasteiger partial charge in [0.05, 0.1) is 29.4 Å². The summed E-state index contributed by atoms with van der Waals surface area (Å²) in [5.74, 6) is 0.868. The van der Waals surface area contributed by atoms with E-state index in [1.807, 2.05) is 30.3 Å². The number of sulfone groups is 1. The van der Waals surface area contributed by atoms with Gasteiger partial charge in [0, 0.05) is 26.2 Å². The van der Waals surface area contributed by atoms with Gasteiger partial charge in [-0.15, -0.1) is 4.21 Å². The third kappa shape index (κ3) is 3.83. The predicted octanol–water partition coefficient (Wildman–Crippen LogP) is 1.41. The molecule has 4 rings (SSSR count). The first-order valence-electron chi connectivity index (χ1n) is 10.3. The quantitative estimate of drug-likeness (QED) is 0.645. The van der Waals surface area contributed by atoms with Gasteiger partial charge in [0.1, 0.15) is 12.4 Å². The molecule has 3 saturated heterocycles. The molecule has 1 aromatic carbocycles. The average Bonchev–Trinajstić information content (AvgIpc) is 3.35. The fraction of sp³-hybridized carbons (Fsp3) is 0.667. The lowest BCUT2D eigenvalue weighted by Gasteiger charge is -2.46. The van der Waals surface area contributed by atoms with Gasteiger partial charge in [-0.25, -0.2) is 0 Å². The number of ether oxygens (including phenoxy) is 2. The average molecular weight is 423 g/mol. The highest BCUT2D eigenvalue weighted by Gasteiger charge is 2.63. The summed E-state index contributed by atoms with van der Waals surface area (Å²) in [5.41, 5.74) is 0. The summed E-state index contributed by atoms with van der Waals surface area (Å²) in [7, 11) is -3.57. The molecule has 2 unspecified atom stereocenters. The maximum atomic E-state index is 13.2. The van der Waals surface area contributed by atoms with E-state index in [1.54, 1.807) is 18.7 Å². The number of likely N-dealkylation sites (tertiary alicyclic amines) is 1. The molecule has 29 heavy (non-hydrogen) atoms. The molecule has 0 saturated carbocycles. The van der Waals surface area contributed by atoms with Gasteiger partial charge in [-0.3, -0.25) is 9.69 Å². The van der Waals surface area contributed by atoms with Crippen LogP contribution in [0.5, 0.6) is 5.75 Å². The van der Waals surface area contributed by atoms with Crippen LogP contribution in [-0.2, 0) is 24.0 Å². The number of carbonyl (C=O) groups excluding carboxylic acids is 1. The van der Waals surface area contributed by atoms with Gasteiger partial charge in [-0.05, 0) is 38.3 Å². The van der Waals surface area contributed by atoms with E-state index in [0.29, 0.717) is 32.2 Å². The van der Waals surface area contributed by atoms with Crippen molar-refractivity contribution in [2.75, 3.05) is 46.0 Å². The molecule has 0 aromatic heterocycles. The van der Waals surface area contributed by atoms with E-state index >= 15 is 0 Å². The van der Waals surface area contributed by atoms with E-state index in [9.17, 15) is 13.6 Å². The van der Waals surface area contributed by atoms with Crippen LogP contribution in [0.3, 0.4) is 0 Å². The summed E-state index contributed by atoms with van der Waals surface area (Å²) in [5, 5.41) is -0.547. The Balaban J connectivity index is 1.48. The molecule has 0 bridgehead atoms. The van der Waals surface area contributed by atoms with Crippen LogP contribution in [0.2, 0.25) is 0 Å². The van der Waals surface area contributed by atoms with Gasteiger partial charge in [0.25, 0.3) is 5.91 Å². The molecule has 7 nitrogen and oxygen atoms in total. The van der Waals surface area contributed by atoms with Crippen LogP contribution in [0.15, 0.2) is 30.3 Å². The number of nitrogens with zero attached hydrogens (tertiary/aromatic N) is 2. The second-order valence-corrected chi connectivity index (χ2v) is 11.5. The van der Waals surface area contributed by atoms with Crippen molar-refractivity contribution in [3.8, 4) is 5.75 Å². The van der Waals surface area contributed by atoms with E-state index in [-0.39, 0.29) is 11.9 Å². The van der Waals surface area contributed by atoms with Crippen LogP contribution in [-0.4, -0.2) is 82.3 Å². The summed E-state index contributed by atoms with van der Waals surface area (Å²) in [4.78, 5) is 17.1. The lowest BCUT2D eigenvalue weighted by atomic mass is 10.1. The number of benzene rings is 1. The molecule has 4 atom stereocenters. The molecule has 0 spiro atoms. The summed E-state index contributed by atoms with van der Waals surface area (Å²) in [6.07, 6.45) is 1.01. The van der Waals surface area contributed by atoms with E-state index in [4.69, 9.17) is 9.47 Å². The van der Waals surface area contributed by atoms with Crippen LogP contribution in [0.1, 0.15) is 20.3 Å². The summed E-state index contributed by atoms with van der Waals surface area (Å²) < 4.78 is 36.3. The number of amides is 1. The van der Waals surface area contributed by atoms with Crippen molar-refractivity contribution in [2.24, 2.45) is 5.92 Å². The summed E-state index contributed by atoms with van der Waals surface area (Å²) >= 11 is 0. The van der Waals surface area contributed by atoms with Crippen molar-refractivity contribution in [1.29, 1.82) is 0 Å². The highest BCUT2D eigenvalue weighted by atomic mass is 32.3. The third-order valence-electron chi connectivity index (χ3n) is 6.48. The monoisotopic (exact) mass is 422 g/mol. The first-order valence-corrected chi connectivity index (χ1v) is 11.9. The number of rotatable bonds is 6. The van der Waals surface area contributed by atoms with Crippen molar-refractivity contribution in [3.63, 3.8) is 0 Å². The topological polar surface area (TPSA) is 82.1 Å². The maximum Gasteiger partial charge on any atom is 0.278 e. The molecule has 3 heterocycles. The molecular weight excluding hydrogens is 392 g/mol. The Morgan fingerprint density at radius 1 is 1.28 bits per heavy atom. The zero-order chi connectivity index (χ0) is 20.6. The van der Waals surface area contributed by atoms with Crippen LogP contribution in [0, 0.1) is 5.92 Å². The van der Waals surface area contributed by atoms with Crippen LogP contribution < -0.4 is 4.74 Å². The van der Waals surface area contributed by atoms with Crippen LogP contribution >= 0.6 is 0 Å². The standard InChI is InChI=1S/C21H30N2O5S/c1-21(2)20(24)23(9-11-28-17-6-4-3-5-7-17)18-13-22(12-16-8-10-27-15-16)14-19(18)29(21,25)26/h3-7,16,18-19H,8-15H2,1-2H3/t16?,18-,19+/m0/s1. The third-order valence-corrected chi connectivity index (χ3v) is 9.34. The number of hydrogen-bond donors (Lipinski definition) is 0. The fourth-order valence-corrected chi connectivity index (χ4v) is 6.89. The predicted molar refractivity (Wildman–Crippen MR) is 109 cm³/mol. The minimum atomic E-state index is -3.57. The molecule has 160 valence electrons. The minimum absolute atomic E-state index is 0.317. The van der Waals surface area contributed by atoms with Crippen molar-refractivity contribution in [2.45, 2.75) is 36.3 Å². The normalized spacial score (nSPS) is 34.4. The first kappa shape index (κ1) is 20.8. The molecule has 0 aliphatic carbocycles. The van der Waals surface area contributed by atoms with Gasteiger partial charge in [-0.2, -0.15) is 0 Å². The Bertz CT molecular complexity index is 781. The van der Waals surface area contributed by atoms with Gasteiger partial charge in [0.15, 0.2) is 5.25 Å². The zero-order valence-electron chi connectivity index (χ0n) is 17.1. The van der Waals surface area contributed by atoms with Crippen molar-refractivity contribution >= 4 is 16.1 Å². The summed E-state index contributed by atoms with van der Waals surface area (Å²) in [6.45, 7) is 7.21. The van der Waals surface area contributed by atoms with Crippen molar-refractivity contribution < 1.29 is 23.0 Å². The first-order chi connectivity index (χ1) is 13.8. The lowest BCUT2D eigenvalue weighted by molar-refractivity contribution is -0.137. The second-order valence-electron chi connectivity index (χ2n) is 8.77. The molecular formula is C21H30N2O5S. The van der Waals surface area contributed by atoms with Crippen LogP contribution in [0.25, 0.3) is 0 Å².